The lowest BCUT2D eigenvalue weighted by Gasteiger charge is -2.35. The van der Waals surface area contributed by atoms with Crippen molar-refractivity contribution in [2.24, 2.45) is 0 Å². The van der Waals surface area contributed by atoms with Crippen LogP contribution in [0.3, 0.4) is 0 Å². The van der Waals surface area contributed by atoms with Crippen LogP contribution in [0.25, 0.3) is 0 Å². The lowest BCUT2D eigenvalue weighted by Crippen LogP contribution is -2.48. The van der Waals surface area contributed by atoms with Gasteiger partial charge in [-0.05, 0) is 42.7 Å². The second kappa shape index (κ2) is 9.03. The van der Waals surface area contributed by atoms with Crippen LogP contribution in [-0.4, -0.2) is 67.1 Å². The SMILES string of the molecule is Cc1cccc(C)c1OC[C@@H](O)CN1CCN(Cc2ccc3c(c2)OCO3)CC1. The molecule has 1 atom stereocenters. The molecule has 4 rings (SSSR count). The van der Waals surface area contributed by atoms with Gasteiger partial charge in [-0.3, -0.25) is 9.80 Å². The number of aliphatic hydroxyl groups is 1. The first kappa shape index (κ1) is 20.0. The zero-order valence-electron chi connectivity index (χ0n) is 17.3. The van der Waals surface area contributed by atoms with E-state index in [1.54, 1.807) is 0 Å². The van der Waals surface area contributed by atoms with Crippen molar-refractivity contribution in [1.29, 1.82) is 0 Å². The Balaban J connectivity index is 1.20. The number of hydrogen-bond acceptors (Lipinski definition) is 6. The molecule has 2 aromatic rings. The van der Waals surface area contributed by atoms with E-state index in [9.17, 15) is 5.11 Å². The fourth-order valence-electron chi connectivity index (χ4n) is 3.98. The van der Waals surface area contributed by atoms with Gasteiger partial charge in [0.2, 0.25) is 6.79 Å². The molecule has 0 unspecified atom stereocenters. The molecule has 0 spiro atoms. The van der Waals surface area contributed by atoms with Gasteiger partial charge in [-0.1, -0.05) is 24.3 Å². The average Bonchev–Trinajstić information content (AvgIpc) is 3.17. The lowest BCUT2D eigenvalue weighted by atomic mass is 10.1. The van der Waals surface area contributed by atoms with Gasteiger partial charge in [-0.2, -0.15) is 0 Å². The summed E-state index contributed by atoms with van der Waals surface area (Å²) in [4.78, 5) is 4.75. The highest BCUT2D eigenvalue weighted by molar-refractivity contribution is 5.44. The van der Waals surface area contributed by atoms with Crippen molar-refractivity contribution in [2.45, 2.75) is 26.5 Å². The summed E-state index contributed by atoms with van der Waals surface area (Å²) in [5, 5.41) is 10.4. The first-order chi connectivity index (χ1) is 14.1. The Morgan fingerprint density at radius 3 is 2.41 bits per heavy atom. The van der Waals surface area contributed by atoms with Crippen LogP contribution in [0, 0.1) is 13.8 Å². The Kier molecular flexibility index (Phi) is 6.23. The number of β-amino-alcohol motifs (C(OH)–C–C–N with tert-alkyl or cyclic N) is 1. The topological polar surface area (TPSA) is 54.4 Å². The maximum atomic E-state index is 10.4. The van der Waals surface area contributed by atoms with Gasteiger partial charge in [0.25, 0.3) is 0 Å². The molecule has 0 amide bonds. The quantitative estimate of drug-likeness (QED) is 0.774. The summed E-state index contributed by atoms with van der Waals surface area (Å²) in [6.07, 6.45) is -0.491. The molecule has 0 aromatic heterocycles. The average molecular weight is 399 g/mol. The highest BCUT2D eigenvalue weighted by atomic mass is 16.7. The van der Waals surface area contributed by atoms with Crippen LogP contribution in [0.4, 0.5) is 0 Å². The molecule has 1 saturated heterocycles. The van der Waals surface area contributed by atoms with Crippen LogP contribution in [0.15, 0.2) is 36.4 Å². The van der Waals surface area contributed by atoms with E-state index in [4.69, 9.17) is 14.2 Å². The Morgan fingerprint density at radius 1 is 0.966 bits per heavy atom. The largest absolute Gasteiger partial charge is 0.490 e. The van der Waals surface area contributed by atoms with Gasteiger partial charge in [0.1, 0.15) is 18.5 Å². The summed E-state index contributed by atoms with van der Waals surface area (Å²) in [6.45, 7) is 10.1. The van der Waals surface area contributed by atoms with Crippen LogP contribution in [-0.2, 0) is 6.54 Å². The van der Waals surface area contributed by atoms with Crippen molar-refractivity contribution in [3.05, 3.63) is 53.1 Å². The molecule has 2 aliphatic heterocycles. The lowest BCUT2D eigenvalue weighted by molar-refractivity contribution is 0.0443. The standard InChI is InChI=1S/C23H30N2O4/c1-17-4-3-5-18(2)23(17)27-15-20(26)14-25-10-8-24(9-11-25)13-19-6-7-21-22(12-19)29-16-28-21/h3-7,12,20,26H,8-11,13-16H2,1-2H3/t20-/m0/s1. The Hall–Kier alpha value is -2.28. The monoisotopic (exact) mass is 398 g/mol. The Bertz CT molecular complexity index is 813. The highest BCUT2D eigenvalue weighted by Crippen LogP contribution is 2.32. The minimum atomic E-state index is -0.491. The van der Waals surface area contributed by atoms with E-state index in [0.29, 0.717) is 19.9 Å². The van der Waals surface area contributed by atoms with E-state index in [0.717, 1.165) is 61.1 Å². The maximum Gasteiger partial charge on any atom is 0.231 e. The third kappa shape index (κ3) is 5.01. The minimum absolute atomic E-state index is 0.312. The van der Waals surface area contributed by atoms with Crippen molar-refractivity contribution in [3.63, 3.8) is 0 Å². The molecule has 1 N–H and O–H groups in total. The normalized spacial score (nSPS) is 18.0. The molecule has 0 radical (unpaired) electrons. The fraction of sp³-hybridized carbons (Fsp3) is 0.478. The number of hydrogen-bond donors (Lipinski definition) is 1. The molecule has 1 fully saturated rings. The van der Waals surface area contributed by atoms with Gasteiger partial charge >= 0.3 is 0 Å². The first-order valence-electron chi connectivity index (χ1n) is 10.3. The Morgan fingerprint density at radius 2 is 1.66 bits per heavy atom. The van der Waals surface area contributed by atoms with Gasteiger partial charge in [0, 0.05) is 39.3 Å². The molecule has 0 aliphatic carbocycles. The fourth-order valence-corrected chi connectivity index (χ4v) is 3.98. The number of rotatable bonds is 7. The third-order valence-electron chi connectivity index (χ3n) is 5.61. The molecule has 6 heteroatoms. The summed E-state index contributed by atoms with van der Waals surface area (Å²) in [5.41, 5.74) is 3.45. The zero-order valence-corrected chi connectivity index (χ0v) is 17.3. The van der Waals surface area contributed by atoms with Gasteiger partial charge in [-0.15, -0.1) is 0 Å². The van der Waals surface area contributed by atoms with Crippen LogP contribution in [0.1, 0.15) is 16.7 Å². The number of aliphatic hydroxyl groups excluding tert-OH is 1. The summed E-state index contributed by atoms with van der Waals surface area (Å²) < 4.78 is 16.7. The van der Waals surface area contributed by atoms with Crippen LogP contribution in [0.2, 0.25) is 0 Å². The third-order valence-corrected chi connectivity index (χ3v) is 5.61. The van der Waals surface area contributed by atoms with E-state index in [-0.39, 0.29) is 0 Å². The Labute approximate surface area is 172 Å². The molecular weight excluding hydrogens is 368 g/mol. The predicted octanol–water partition coefficient (Wildman–Crippen LogP) is 2.59. The van der Waals surface area contributed by atoms with E-state index in [2.05, 4.69) is 21.9 Å². The molecular formula is C23H30N2O4. The zero-order chi connectivity index (χ0) is 20.2. The van der Waals surface area contributed by atoms with E-state index in [1.165, 1.54) is 5.56 Å². The molecule has 0 bridgehead atoms. The van der Waals surface area contributed by atoms with Crippen molar-refractivity contribution >= 4 is 0 Å². The number of benzene rings is 2. The smallest absolute Gasteiger partial charge is 0.231 e. The molecule has 2 aliphatic rings. The molecule has 2 aromatic carbocycles. The van der Waals surface area contributed by atoms with Gasteiger partial charge in [0.05, 0.1) is 0 Å². The minimum Gasteiger partial charge on any atom is -0.490 e. The van der Waals surface area contributed by atoms with Crippen molar-refractivity contribution in [3.8, 4) is 17.2 Å². The van der Waals surface area contributed by atoms with E-state index in [1.807, 2.05) is 38.1 Å². The van der Waals surface area contributed by atoms with Gasteiger partial charge in [0.15, 0.2) is 11.5 Å². The summed E-state index contributed by atoms with van der Waals surface area (Å²) in [7, 11) is 0. The molecule has 6 nitrogen and oxygen atoms in total. The number of ether oxygens (including phenoxy) is 3. The summed E-state index contributed by atoms with van der Waals surface area (Å²) >= 11 is 0. The molecule has 156 valence electrons. The number of fused-ring (bicyclic) bond motifs is 1. The summed E-state index contributed by atoms with van der Waals surface area (Å²) in [6, 6.07) is 12.3. The van der Waals surface area contributed by atoms with E-state index < -0.39 is 6.10 Å². The van der Waals surface area contributed by atoms with Gasteiger partial charge < -0.3 is 19.3 Å². The van der Waals surface area contributed by atoms with Crippen molar-refractivity contribution < 1.29 is 19.3 Å². The summed E-state index contributed by atoms with van der Waals surface area (Å²) in [5.74, 6) is 2.56. The predicted molar refractivity (Wildman–Crippen MR) is 112 cm³/mol. The van der Waals surface area contributed by atoms with Crippen molar-refractivity contribution in [2.75, 3.05) is 46.1 Å². The number of aryl methyl sites for hydroxylation is 2. The first-order valence-corrected chi connectivity index (χ1v) is 10.3. The van der Waals surface area contributed by atoms with Crippen LogP contribution in [0.5, 0.6) is 17.2 Å². The highest BCUT2D eigenvalue weighted by Gasteiger charge is 2.21. The van der Waals surface area contributed by atoms with Crippen LogP contribution >= 0.6 is 0 Å². The van der Waals surface area contributed by atoms with E-state index >= 15 is 0 Å². The maximum absolute atomic E-state index is 10.4. The number of piperazine rings is 1. The molecule has 29 heavy (non-hydrogen) atoms. The van der Waals surface area contributed by atoms with Crippen LogP contribution < -0.4 is 14.2 Å². The second-order valence-electron chi connectivity index (χ2n) is 7.95. The van der Waals surface area contributed by atoms with Gasteiger partial charge in [-0.25, -0.2) is 0 Å². The van der Waals surface area contributed by atoms with Crippen molar-refractivity contribution in [1.82, 2.24) is 9.80 Å². The second-order valence-corrected chi connectivity index (χ2v) is 7.95. The molecule has 2 heterocycles. The number of para-hydroxylation sites is 1. The molecule has 0 saturated carbocycles. The number of nitrogens with zero attached hydrogens (tertiary/aromatic N) is 2.